The highest BCUT2D eigenvalue weighted by atomic mass is 16.5. The Hall–Kier alpha value is -1.81. The van der Waals surface area contributed by atoms with Gasteiger partial charge < -0.3 is 14.7 Å². The second kappa shape index (κ2) is 9.15. The normalized spacial score (nSPS) is 11.7. The van der Waals surface area contributed by atoms with Crippen molar-refractivity contribution in [1.82, 2.24) is 4.90 Å². The second-order valence-electron chi connectivity index (χ2n) is 4.54. The SMILES string of the molecule is C=CN(CCC)C(CCO)C(=O)OCc1ccccc1. The molecule has 0 saturated carbocycles. The fourth-order valence-electron chi connectivity index (χ4n) is 2.00. The molecule has 0 spiro atoms. The van der Waals surface area contributed by atoms with Crippen molar-refractivity contribution in [3.63, 3.8) is 0 Å². The Morgan fingerprint density at radius 1 is 1.45 bits per heavy atom. The van der Waals surface area contributed by atoms with Gasteiger partial charge in [0.05, 0.1) is 0 Å². The van der Waals surface area contributed by atoms with Crippen molar-refractivity contribution < 1.29 is 14.6 Å². The Morgan fingerprint density at radius 3 is 2.70 bits per heavy atom. The fourth-order valence-corrected chi connectivity index (χ4v) is 2.00. The monoisotopic (exact) mass is 277 g/mol. The van der Waals surface area contributed by atoms with Crippen molar-refractivity contribution in [2.75, 3.05) is 13.2 Å². The van der Waals surface area contributed by atoms with E-state index in [4.69, 9.17) is 9.84 Å². The molecule has 0 radical (unpaired) electrons. The Kier molecular flexibility index (Phi) is 7.43. The van der Waals surface area contributed by atoms with Gasteiger partial charge >= 0.3 is 5.97 Å². The van der Waals surface area contributed by atoms with E-state index in [0.29, 0.717) is 13.0 Å². The minimum atomic E-state index is -0.471. The molecule has 0 fully saturated rings. The van der Waals surface area contributed by atoms with E-state index in [-0.39, 0.29) is 19.2 Å². The molecule has 0 aliphatic rings. The van der Waals surface area contributed by atoms with Crippen LogP contribution in [-0.4, -0.2) is 35.2 Å². The van der Waals surface area contributed by atoms with Gasteiger partial charge in [-0.15, -0.1) is 0 Å². The fraction of sp³-hybridized carbons (Fsp3) is 0.438. The van der Waals surface area contributed by atoms with E-state index in [0.717, 1.165) is 12.0 Å². The van der Waals surface area contributed by atoms with Crippen molar-refractivity contribution >= 4 is 5.97 Å². The van der Waals surface area contributed by atoms with Gasteiger partial charge in [0.15, 0.2) is 0 Å². The molecule has 0 heterocycles. The Morgan fingerprint density at radius 2 is 2.15 bits per heavy atom. The number of aliphatic hydroxyl groups is 1. The molecule has 1 aromatic rings. The number of esters is 1. The first-order chi connectivity index (χ1) is 9.72. The number of nitrogens with zero attached hydrogens (tertiary/aromatic N) is 1. The van der Waals surface area contributed by atoms with Gasteiger partial charge in [0, 0.05) is 19.6 Å². The first-order valence-electron chi connectivity index (χ1n) is 6.92. The van der Waals surface area contributed by atoms with Gasteiger partial charge in [-0.05, 0) is 18.2 Å². The van der Waals surface area contributed by atoms with Gasteiger partial charge in [0.1, 0.15) is 12.6 Å². The van der Waals surface area contributed by atoms with Gasteiger partial charge in [-0.3, -0.25) is 0 Å². The summed E-state index contributed by atoms with van der Waals surface area (Å²) in [4.78, 5) is 14.0. The van der Waals surface area contributed by atoms with Crippen LogP contribution in [-0.2, 0) is 16.1 Å². The lowest BCUT2D eigenvalue weighted by molar-refractivity contribution is -0.151. The minimum Gasteiger partial charge on any atom is -0.459 e. The van der Waals surface area contributed by atoms with E-state index in [1.807, 2.05) is 42.2 Å². The largest absolute Gasteiger partial charge is 0.459 e. The van der Waals surface area contributed by atoms with Crippen LogP contribution in [0.4, 0.5) is 0 Å². The summed E-state index contributed by atoms with van der Waals surface area (Å²) >= 11 is 0. The Balaban J connectivity index is 2.61. The average Bonchev–Trinajstić information content (AvgIpc) is 2.49. The lowest BCUT2D eigenvalue weighted by Gasteiger charge is -2.28. The predicted molar refractivity (Wildman–Crippen MR) is 78.9 cm³/mol. The number of aliphatic hydroxyl groups excluding tert-OH is 1. The van der Waals surface area contributed by atoms with E-state index in [1.54, 1.807) is 6.20 Å². The molecule has 1 N–H and O–H groups in total. The van der Waals surface area contributed by atoms with Crippen LogP contribution >= 0.6 is 0 Å². The van der Waals surface area contributed by atoms with Crippen LogP contribution in [0, 0.1) is 0 Å². The maximum absolute atomic E-state index is 12.2. The van der Waals surface area contributed by atoms with E-state index in [9.17, 15) is 4.79 Å². The van der Waals surface area contributed by atoms with Crippen LogP contribution in [0.1, 0.15) is 25.3 Å². The van der Waals surface area contributed by atoms with Crippen LogP contribution in [0.25, 0.3) is 0 Å². The smallest absolute Gasteiger partial charge is 0.329 e. The van der Waals surface area contributed by atoms with Crippen LogP contribution in [0.2, 0.25) is 0 Å². The summed E-state index contributed by atoms with van der Waals surface area (Å²) in [7, 11) is 0. The third-order valence-electron chi connectivity index (χ3n) is 3.02. The zero-order valence-electron chi connectivity index (χ0n) is 12.0. The van der Waals surface area contributed by atoms with Gasteiger partial charge in [0.25, 0.3) is 0 Å². The van der Waals surface area contributed by atoms with Gasteiger partial charge in [0.2, 0.25) is 0 Å². The molecule has 4 nitrogen and oxygen atoms in total. The second-order valence-corrected chi connectivity index (χ2v) is 4.54. The van der Waals surface area contributed by atoms with Crippen molar-refractivity contribution in [1.29, 1.82) is 0 Å². The molecule has 0 bridgehead atoms. The molecule has 0 amide bonds. The topological polar surface area (TPSA) is 49.8 Å². The number of benzene rings is 1. The number of carbonyl (C=O) groups is 1. The summed E-state index contributed by atoms with van der Waals surface area (Å²) in [6.07, 6.45) is 2.88. The molecule has 1 unspecified atom stereocenters. The van der Waals surface area contributed by atoms with E-state index in [1.165, 1.54) is 0 Å². The van der Waals surface area contributed by atoms with Crippen molar-refractivity contribution in [2.24, 2.45) is 0 Å². The van der Waals surface area contributed by atoms with Crippen molar-refractivity contribution in [2.45, 2.75) is 32.4 Å². The molecular formula is C16H23NO3. The molecule has 20 heavy (non-hydrogen) atoms. The number of hydrogen-bond donors (Lipinski definition) is 1. The first kappa shape index (κ1) is 16.2. The predicted octanol–water partition coefficient (Wildman–Crippen LogP) is 2.34. The van der Waals surface area contributed by atoms with Crippen molar-refractivity contribution in [3.8, 4) is 0 Å². The highest BCUT2D eigenvalue weighted by Crippen LogP contribution is 2.10. The number of carbonyl (C=O) groups excluding carboxylic acids is 1. The summed E-state index contributed by atoms with van der Waals surface area (Å²) in [5.41, 5.74) is 0.948. The molecule has 4 heteroatoms. The first-order valence-corrected chi connectivity index (χ1v) is 6.92. The quantitative estimate of drug-likeness (QED) is 0.704. The zero-order chi connectivity index (χ0) is 14.8. The average molecular weight is 277 g/mol. The van der Waals surface area contributed by atoms with Crippen LogP contribution in [0.15, 0.2) is 43.1 Å². The van der Waals surface area contributed by atoms with E-state index >= 15 is 0 Å². The molecule has 0 aliphatic carbocycles. The van der Waals surface area contributed by atoms with Gasteiger partial charge in [-0.1, -0.05) is 43.8 Å². The third-order valence-corrected chi connectivity index (χ3v) is 3.02. The summed E-state index contributed by atoms with van der Waals surface area (Å²) in [6.45, 7) is 6.66. The Labute approximate surface area is 120 Å². The maximum atomic E-state index is 12.2. The maximum Gasteiger partial charge on any atom is 0.329 e. The van der Waals surface area contributed by atoms with Crippen LogP contribution in [0.5, 0.6) is 0 Å². The molecule has 0 aliphatic heterocycles. The summed E-state index contributed by atoms with van der Waals surface area (Å²) < 4.78 is 5.33. The molecule has 0 saturated heterocycles. The number of hydrogen-bond acceptors (Lipinski definition) is 4. The minimum absolute atomic E-state index is 0.0564. The van der Waals surface area contributed by atoms with E-state index in [2.05, 4.69) is 6.58 Å². The van der Waals surface area contributed by atoms with Crippen LogP contribution in [0.3, 0.4) is 0 Å². The van der Waals surface area contributed by atoms with Crippen molar-refractivity contribution in [3.05, 3.63) is 48.7 Å². The highest BCUT2D eigenvalue weighted by Gasteiger charge is 2.24. The zero-order valence-corrected chi connectivity index (χ0v) is 12.0. The van der Waals surface area contributed by atoms with Gasteiger partial charge in [-0.25, -0.2) is 4.79 Å². The lowest BCUT2D eigenvalue weighted by atomic mass is 10.1. The van der Waals surface area contributed by atoms with Gasteiger partial charge in [-0.2, -0.15) is 0 Å². The lowest BCUT2D eigenvalue weighted by Crippen LogP contribution is -2.40. The van der Waals surface area contributed by atoms with E-state index < -0.39 is 6.04 Å². The summed E-state index contributed by atoms with van der Waals surface area (Å²) in [5.74, 6) is -0.323. The number of ether oxygens (including phenoxy) is 1. The summed E-state index contributed by atoms with van der Waals surface area (Å²) in [5, 5.41) is 9.11. The molecule has 1 rings (SSSR count). The van der Waals surface area contributed by atoms with Crippen LogP contribution < -0.4 is 0 Å². The summed E-state index contributed by atoms with van der Waals surface area (Å²) in [6, 6.07) is 9.07. The molecule has 0 aromatic heterocycles. The number of rotatable bonds is 9. The standard InChI is InChI=1S/C16H23NO3/c1-3-11-17(4-2)15(10-12-18)16(19)20-13-14-8-6-5-7-9-14/h4-9,15,18H,2-3,10-13H2,1H3. The molecule has 1 atom stereocenters. The molecule has 1 aromatic carbocycles. The third kappa shape index (κ3) is 5.05. The molecule has 110 valence electrons. The highest BCUT2D eigenvalue weighted by molar-refractivity contribution is 5.76. The molecular weight excluding hydrogens is 254 g/mol. The Bertz CT molecular complexity index is 405.